The average molecular weight is 503 g/mol. The van der Waals surface area contributed by atoms with Crippen molar-refractivity contribution in [3.05, 3.63) is 76.9 Å². The number of fused-ring (bicyclic) bond motifs is 3. The second-order valence-corrected chi connectivity index (χ2v) is 8.84. The summed E-state index contributed by atoms with van der Waals surface area (Å²) >= 11 is 0. The summed E-state index contributed by atoms with van der Waals surface area (Å²) in [5, 5.41) is 0. The van der Waals surface area contributed by atoms with E-state index >= 15 is 0 Å². The molecule has 0 fully saturated rings. The van der Waals surface area contributed by atoms with Gasteiger partial charge < -0.3 is 18.9 Å². The van der Waals surface area contributed by atoms with Gasteiger partial charge >= 0.3 is 17.9 Å². The lowest BCUT2D eigenvalue weighted by atomic mass is 9.96. The number of aryl methyl sites for hydroxylation is 1. The standard InChI is InChI=1S/C30H30O7/c1-4-7-28(31)34-22-12-11-21-16-20-10-9-19(6-3)15-24(20)30(33)37-25-14-13-23(35-29(32)8-5-2)18-27(25)36-26(21)17-22/h9-15,17-18H,4-8,16H2,1-3H3. The molecule has 1 aliphatic heterocycles. The third-order valence-electron chi connectivity index (χ3n) is 5.93. The number of esters is 3. The van der Waals surface area contributed by atoms with E-state index in [1.807, 2.05) is 45.0 Å². The first-order valence-electron chi connectivity index (χ1n) is 12.6. The van der Waals surface area contributed by atoms with Crippen LogP contribution in [0.25, 0.3) is 0 Å². The Morgan fingerprint density at radius 3 is 2.00 bits per heavy atom. The van der Waals surface area contributed by atoms with Crippen molar-refractivity contribution in [3.63, 3.8) is 0 Å². The smallest absolute Gasteiger partial charge is 0.343 e. The summed E-state index contributed by atoms with van der Waals surface area (Å²) in [6.45, 7) is 5.82. The van der Waals surface area contributed by atoms with Crippen molar-refractivity contribution >= 4 is 17.9 Å². The second kappa shape index (κ2) is 11.7. The van der Waals surface area contributed by atoms with Crippen molar-refractivity contribution in [1.29, 1.82) is 0 Å². The minimum atomic E-state index is -0.501. The Morgan fingerprint density at radius 2 is 1.35 bits per heavy atom. The van der Waals surface area contributed by atoms with Gasteiger partial charge in [-0.3, -0.25) is 9.59 Å². The maximum Gasteiger partial charge on any atom is 0.343 e. The van der Waals surface area contributed by atoms with E-state index < -0.39 is 5.97 Å². The van der Waals surface area contributed by atoms with Crippen LogP contribution in [0.1, 0.15) is 73.5 Å². The van der Waals surface area contributed by atoms with Crippen LogP contribution < -0.4 is 18.9 Å². The summed E-state index contributed by atoms with van der Waals surface area (Å²) < 4.78 is 22.9. The summed E-state index contributed by atoms with van der Waals surface area (Å²) in [7, 11) is 0. The normalized spacial score (nSPS) is 12.2. The van der Waals surface area contributed by atoms with Crippen LogP contribution in [0.3, 0.4) is 0 Å². The van der Waals surface area contributed by atoms with Crippen molar-refractivity contribution in [2.45, 2.75) is 59.3 Å². The molecule has 0 N–H and O–H groups in total. The minimum Gasteiger partial charge on any atom is -0.453 e. The molecular formula is C30H30O7. The first-order chi connectivity index (χ1) is 17.9. The molecule has 192 valence electrons. The largest absolute Gasteiger partial charge is 0.453 e. The van der Waals surface area contributed by atoms with E-state index in [-0.39, 0.29) is 35.6 Å². The molecule has 0 saturated carbocycles. The second-order valence-electron chi connectivity index (χ2n) is 8.84. The van der Waals surface area contributed by atoms with Crippen LogP contribution >= 0.6 is 0 Å². The van der Waals surface area contributed by atoms with Crippen LogP contribution in [0, 0.1) is 0 Å². The first-order valence-corrected chi connectivity index (χ1v) is 12.6. The van der Waals surface area contributed by atoms with E-state index in [1.54, 1.807) is 18.2 Å². The summed E-state index contributed by atoms with van der Waals surface area (Å²) in [5.74, 6) is 0.219. The minimum absolute atomic E-state index is 0.175. The maximum absolute atomic E-state index is 13.2. The van der Waals surface area contributed by atoms with Gasteiger partial charge in [0.05, 0.1) is 5.56 Å². The summed E-state index contributed by atoms with van der Waals surface area (Å²) in [5.41, 5.74) is 3.06. The van der Waals surface area contributed by atoms with Gasteiger partial charge in [-0.1, -0.05) is 39.0 Å². The summed E-state index contributed by atoms with van der Waals surface area (Å²) in [6.07, 6.45) is 3.08. The number of ether oxygens (including phenoxy) is 4. The Hall–Kier alpha value is -4.13. The van der Waals surface area contributed by atoms with E-state index in [1.165, 1.54) is 12.1 Å². The van der Waals surface area contributed by atoms with Gasteiger partial charge in [0, 0.05) is 31.4 Å². The van der Waals surface area contributed by atoms with Gasteiger partial charge in [0.1, 0.15) is 17.2 Å². The highest BCUT2D eigenvalue weighted by Crippen LogP contribution is 2.40. The lowest BCUT2D eigenvalue weighted by Crippen LogP contribution is -2.14. The number of rotatable bonds is 7. The molecule has 0 atom stereocenters. The molecule has 0 radical (unpaired) electrons. The Morgan fingerprint density at radius 1 is 0.730 bits per heavy atom. The topological polar surface area (TPSA) is 88.1 Å². The van der Waals surface area contributed by atoms with Crippen LogP contribution in [0.4, 0.5) is 0 Å². The Labute approximate surface area is 216 Å². The fourth-order valence-electron chi connectivity index (χ4n) is 3.99. The van der Waals surface area contributed by atoms with Crippen LogP contribution in [-0.4, -0.2) is 17.9 Å². The van der Waals surface area contributed by atoms with Gasteiger partial charge in [0.2, 0.25) is 0 Å². The number of carbonyl (C=O) groups is 3. The average Bonchev–Trinajstić information content (AvgIpc) is 2.87. The van der Waals surface area contributed by atoms with Crippen molar-refractivity contribution < 1.29 is 33.3 Å². The number of hydrogen-bond donors (Lipinski definition) is 0. The lowest BCUT2D eigenvalue weighted by Gasteiger charge is -2.20. The number of benzene rings is 3. The summed E-state index contributed by atoms with van der Waals surface area (Å²) in [4.78, 5) is 37.4. The molecule has 1 heterocycles. The molecule has 4 rings (SSSR count). The highest BCUT2D eigenvalue weighted by atomic mass is 16.6. The Kier molecular flexibility index (Phi) is 8.23. The molecule has 0 aromatic heterocycles. The third kappa shape index (κ3) is 6.36. The van der Waals surface area contributed by atoms with Crippen LogP contribution in [0.5, 0.6) is 28.7 Å². The van der Waals surface area contributed by atoms with Crippen LogP contribution in [0.2, 0.25) is 0 Å². The molecule has 7 heteroatoms. The van der Waals surface area contributed by atoms with Gasteiger partial charge in [-0.2, -0.15) is 0 Å². The van der Waals surface area contributed by atoms with Gasteiger partial charge in [-0.15, -0.1) is 0 Å². The summed E-state index contributed by atoms with van der Waals surface area (Å²) in [6, 6.07) is 15.5. The molecule has 0 unspecified atom stereocenters. The molecule has 7 nitrogen and oxygen atoms in total. The molecule has 0 amide bonds. The Balaban J connectivity index is 1.80. The van der Waals surface area contributed by atoms with Gasteiger partial charge in [0.15, 0.2) is 11.5 Å². The van der Waals surface area contributed by atoms with Crippen molar-refractivity contribution in [2.24, 2.45) is 0 Å². The monoisotopic (exact) mass is 502 g/mol. The van der Waals surface area contributed by atoms with Crippen molar-refractivity contribution in [2.75, 3.05) is 0 Å². The third-order valence-corrected chi connectivity index (χ3v) is 5.93. The molecular weight excluding hydrogens is 472 g/mol. The fourth-order valence-corrected chi connectivity index (χ4v) is 3.99. The zero-order chi connectivity index (χ0) is 26.4. The first kappa shape index (κ1) is 25.9. The predicted molar refractivity (Wildman–Crippen MR) is 138 cm³/mol. The zero-order valence-corrected chi connectivity index (χ0v) is 21.3. The van der Waals surface area contributed by atoms with E-state index in [0.29, 0.717) is 42.7 Å². The highest BCUT2D eigenvalue weighted by molar-refractivity contribution is 5.93. The van der Waals surface area contributed by atoms with Crippen LogP contribution in [-0.2, 0) is 22.4 Å². The van der Waals surface area contributed by atoms with Gasteiger partial charge in [-0.25, -0.2) is 4.79 Å². The fraction of sp³-hybridized carbons (Fsp3) is 0.300. The zero-order valence-electron chi connectivity index (χ0n) is 21.3. The molecule has 0 saturated heterocycles. The van der Waals surface area contributed by atoms with E-state index in [0.717, 1.165) is 23.1 Å². The molecule has 0 spiro atoms. The number of hydrogen-bond acceptors (Lipinski definition) is 7. The lowest BCUT2D eigenvalue weighted by molar-refractivity contribution is -0.135. The molecule has 1 aliphatic rings. The molecule has 0 bridgehead atoms. The quantitative estimate of drug-likeness (QED) is 0.266. The van der Waals surface area contributed by atoms with Gasteiger partial charge in [-0.05, 0) is 60.2 Å². The molecule has 3 aromatic rings. The maximum atomic E-state index is 13.2. The molecule has 3 aromatic carbocycles. The number of carbonyl (C=O) groups excluding carboxylic acids is 3. The predicted octanol–water partition coefficient (Wildman–Crippen LogP) is 6.58. The molecule has 37 heavy (non-hydrogen) atoms. The highest BCUT2D eigenvalue weighted by Gasteiger charge is 2.23. The SMILES string of the molecule is CCCC(=O)Oc1ccc2c(c1)Oc1cc(OC(=O)CCC)ccc1OC(=O)c1cc(CC)ccc1C2. The van der Waals surface area contributed by atoms with E-state index in [2.05, 4.69) is 0 Å². The van der Waals surface area contributed by atoms with E-state index in [4.69, 9.17) is 18.9 Å². The van der Waals surface area contributed by atoms with E-state index in [9.17, 15) is 14.4 Å². The van der Waals surface area contributed by atoms with Crippen molar-refractivity contribution in [3.8, 4) is 28.7 Å². The molecule has 0 aliphatic carbocycles. The van der Waals surface area contributed by atoms with Crippen LogP contribution in [0.15, 0.2) is 54.6 Å². The van der Waals surface area contributed by atoms with Crippen molar-refractivity contribution in [1.82, 2.24) is 0 Å². The van der Waals surface area contributed by atoms with Gasteiger partial charge in [0.25, 0.3) is 0 Å². The Bertz CT molecular complexity index is 1330.